The number of amides is 2. The number of sulfonamides is 1. The molecule has 0 saturated carbocycles. The number of hydrogen-bond acceptors (Lipinski definition) is 7. The maximum atomic E-state index is 12.4. The third-order valence-electron chi connectivity index (χ3n) is 4.31. The molecule has 12 heteroatoms. The Hall–Kier alpha value is -3.41. The topological polar surface area (TPSA) is 131 Å². The molecule has 9 nitrogen and oxygen atoms in total. The van der Waals surface area contributed by atoms with Crippen LogP contribution >= 0.6 is 22.9 Å². The number of anilines is 3. The Morgan fingerprint density at radius 3 is 1.97 bits per heavy atom. The second-order valence-corrected chi connectivity index (χ2v) is 10.7. The lowest BCUT2D eigenvalue weighted by Gasteiger charge is -2.14. The van der Waals surface area contributed by atoms with E-state index in [1.165, 1.54) is 50.2 Å². The molecule has 34 heavy (non-hydrogen) atoms. The first-order valence-electron chi connectivity index (χ1n) is 9.81. The van der Waals surface area contributed by atoms with Gasteiger partial charge in [-0.25, -0.2) is 13.2 Å². The molecule has 0 aliphatic carbocycles. The van der Waals surface area contributed by atoms with E-state index in [0.717, 1.165) is 11.3 Å². The molecule has 2 amide bonds. The van der Waals surface area contributed by atoms with Crippen molar-refractivity contribution in [3.05, 3.63) is 70.6 Å². The molecule has 0 aliphatic heterocycles. The Kier molecular flexibility index (Phi) is 7.92. The van der Waals surface area contributed by atoms with Gasteiger partial charge in [0.15, 0.2) is 6.10 Å². The van der Waals surface area contributed by atoms with Crippen LogP contribution in [0.15, 0.2) is 64.9 Å². The molecule has 1 aromatic heterocycles. The highest BCUT2D eigenvalue weighted by molar-refractivity contribution is 7.94. The minimum absolute atomic E-state index is 0.0607. The van der Waals surface area contributed by atoms with Crippen LogP contribution in [0.4, 0.5) is 17.1 Å². The zero-order chi connectivity index (χ0) is 24.9. The predicted octanol–water partition coefficient (Wildman–Crippen LogP) is 4.34. The molecule has 0 radical (unpaired) electrons. The Morgan fingerprint density at radius 2 is 1.44 bits per heavy atom. The molecule has 178 valence electrons. The fourth-order valence-corrected chi connectivity index (χ4v) is 5.23. The first kappa shape index (κ1) is 25.2. The van der Waals surface area contributed by atoms with Crippen LogP contribution in [0, 0.1) is 0 Å². The number of hydrogen-bond donors (Lipinski definition) is 3. The first-order chi connectivity index (χ1) is 16.0. The highest BCUT2D eigenvalue weighted by atomic mass is 35.5. The van der Waals surface area contributed by atoms with Gasteiger partial charge in [-0.3, -0.25) is 14.3 Å². The van der Waals surface area contributed by atoms with Gasteiger partial charge in [-0.2, -0.15) is 0 Å². The molecule has 1 atom stereocenters. The highest BCUT2D eigenvalue weighted by Gasteiger charge is 2.20. The molecule has 0 unspecified atom stereocenters. The van der Waals surface area contributed by atoms with Gasteiger partial charge in [0, 0.05) is 24.0 Å². The van der Waals surface area contributed by atoms with Crippen molar-refractivity contribution in [3.8, 4) is 0 Å². The Morgan fingerprint density at radius 1 is 0.882 bits per heavy atom. The van der Waals surface area contributed by atoms with Crippen LogP contribution in [-0.4, -0.2) is 32.3 Å². The molecule has 3 N–H and O–H groups in total. The monoisotopic (exact) mass is 521 g/mol. The lowest BCUT2D eigenvalue weighted by molar-refractivity contribution is -0.123. The minimum Gasteiger partial charge on any atom is -0.449 e. The van der Waals surface area contributed by atoms with Gasteiger partial charge in [0.2, 0.25) is 5.91 Å². The van der Waals surface area contributed by atoms with Crippen LogP contribution in [0.1, 0.15) is 24.2 Å². The van der Waals surface area contributed by atoms with Gasteiger partial charge in [0.1, 0.15) is 4.21 Å². The van der Waals surface area contributed by atoms with Crippen LogP contribution in [0.25, 0.3) is 0 Å². The smallest absolute Gasteiger partial charge is 0.338 e. The zero-order valence-electron chi connectivity index (χ0n) is 18.0. The van der Waals surface area contributed by atoms with E-state index in [-0.39, 0.29) is 21.4 Å². The summed E-state index contributed by atoms with van der Waals surface area (Å²) in [4.78, 5) is 35.8. The number of halogens is 1. The molecule has 0 spiro atoms. The summed E-state index contributed by atoms with van der Waals surface area (Å²) in [6.45, 7) is 2.81. The average molecular weight is 522 g/mol. The second-order valence-electron chi connectivity index (χ2n) is 7.04. The quantitative estimate of drug-likeness (QED) is 0.378. The third-order valence-corrected chi connectivity index (χ3v) is 7.42. The van der Waals surface area contributed by atoms with Gasteiger partial charge < -0.3 is 15.4 Å². The van der Waals surface area contributed by atoms with Crippen molar-refractivity contribution in [1.29, 1.82) is 0 Å². The van der Waals surface area contributed by atoms with E-state index >= 15 is 0 Å². The van der Waals surface area contributed by atoms with Crippen LogP contribution in [0.3, 0.4) is 0 Å². The molecule has 3 rings (SSSR count). The molecule has 2 aromatic carbocycles. The predicted molar refractivity (Wildman–Crippen MR) is 131 cm³/mol. The van der Waals surface area contributed by atoms with Crippen molar-refractivity contribution in [2.75, 3.05) is 15.4 Å². The van der Waals surface area contributed by atoms with Gasteiger partial charge in [0.05, 0.1) is 9.90 Å². The molecule has 0 saturated heterocycles. The molecule has 0 aliphatic rings. The number of thiophene rings is 1. The molecule has 0 fully saturated rings. The lowest BCUT2D eigenvalue weighted by atomic mass is 10.2. The number of rotatable bonds is 8. The fraction of sp³-hybridized carbons (Fsp3) is 0.136. The van der Waals surface area contributed by atoms with Crippen LogP contribution in [0.5, 0.6) is 0 Å². The van der Waals surface area contributed by atoms with Crippen molar-refractivity contribution in [1.82, 2.24) is 0 Å². The molecular formula is C22H20ClN3O6S2. The van der Waals surface area contributed by atoms with Crippen molar-refractivity contribution in [3.63, 3.8) is 0 Å². The molecule has 3 aromatic rings. The van der Waals surface area contributed by atoms with Gasteiger partial charge >= 0.3 is 5.97 Å². The van der Waals surface area contributed by atoms with Crippen molar-refractivity contribution < 1.29 is 27.5 Å². The van der Waals surface area contributed by atoms with Gasteiger partial charge in [0.25, 0.3) is 15.9 Å². The zero-order valence-corrected chi connectivity index (χ0v) is 20.4. The Labute approximate surface area is 205 Å². The van der Waals surface area contributed by atoms with Gasteiger partial charge in [-0.1, -0.05) is 11.6 Å². The van der Waals surface area contributed by atoms with E-state index in [1.807, 2.05) is 0 Å². The minimum atomic E-state index is -3.80. The van der Waals surface area contributed by atoms with E-state index in [4.69, 9.17) is 16.3 Å². The van der Waals surface area contributed by atoms with E-state index < -0.39 is 28.0 Å². The summed E-state index contributed by atoms with van der Waals surface area (Å²) in [5.41, 5.74) is 1.43. The van der Waals surface area contributed by atoms with Gasteiger partial charge in [-0.05, 0) is 67.6 Å². The number of carbonyl (C=O) groups is 3. The normalized spacial score (nSPS) is 11.9. The average Bonchev–Trinajstić information content (AvgIpc) is 3.22. The second kappa shape index (κ2) is 10.7. The van der Waals surface area contributed by atoms with E-state index in [0.29, 0.717) is 15.7 Å². The summed E-state index contributed by atoms with van der Waals surface area (Å²) < 4.78 is 32.7. The number of carbonyl (C=O) groups excluding carboxylic acids is 3. The summed E-state index contributed by atoms with van der Waals surface area (Å²) in [7, 11) is -3.80. The molecule has 1 heterocycles. The standard InChI is InChI=1S/C22H20ClN3O6S2/c1-13(21(28)25-17-9-7-16(8-10-17)24-14(2)27)32-22(29)15-3-5-18(6-4-15)26-34(30,31)20-12-11-19(23)33-20/h3-13,26H,1-2H3,(H,24,27)(H,25,28)/t13-/m0/s1. The molecule has 0 bridgehead atoms. The first-order valence-corrected chi connectivity index (χ1v) is 12.5. The van der Waals surface area contributed by atoms with Crippen molar-refractivity contribution >= 4 is 67.8 Å². The number of nitrogens with one attached hydrogen (secondary N) is 3. The summed E-state index contributed by atoms with van der Waals surface area (Å²) >= 11 is 6.71. The van der Waals surface area contributed by atoms with E-state index in [1.54, 1.807) is 24.3 Å². The maximum Gasteiger partial charge on any atom is 0.338 e. The summed E-state index contributed by atoms with van der Waals surface area (Å²) in [5.74, 6) is -1.50. The fourth-order valence-electron chi connectivity index (χ4n) is 2.69. The van der Waals surface area contributed by atoms with E-state index in [9.17, 15) is 22.8 Å². The summed E-state index contributed by atoms with van der Waals surface area (Å²) in [6, 6.07) is 14.9. The van der Waals surface area contributed by atoms with Crippen LogP contribution in [-0.2, 0) is 24.3 Å². The SMILES string of the molecule is CC(=O)Nc1ccc(NC(=O)[C@H](C)OC(=O)c2ccc(NS(=O)(=O)c3ccc(Cl)s3)cc2)cc1. The maximum absolute atomic E-state index is 12.4. The van der Waals surface area contributed by atoms with Crippen molar-refractivity contribution in [2.24, 2.45) is 0 Å². The largest absolute Gasteiger partial charge is 0.449 e. The molecular weight excluding hydrogens is 502 g/mol. The summed E-state index contributed by atoms with van der Waals surface area (Å²) in [6.07, 6.45) is -1.09. The number of benzene rings is 2. The lowest BCUT2D eigenvalue weighted by Crippen LogP contribution is -2.30. The highest BCUT2D eigenvalue weighted by Crippen LogP contribution is 2.27. The Balaban J connectivity index is 1.56. The van der Waals surface area contributed by atoms with Crippen LogP contribution < -0.4 is 15.4 Å². The Bertz CT molecular complexity index is 1310. The van der Waals surface area contributed by atoms with E-state index in [2.05, 4.69) is 15.4 Å². The van der Waals surface area contributed by atoms with Crippen molar-refractivity contribution in [2.45, 2.75) is 24.2 Å². The number of esters is 1. The summed E-state index contributed by atoms with van der Waals surface area (Å²) in [5, 5.41) is 5.23. The van der Waals surface area contributed by atoms with Gasteiger partial charge in [-0.15, -0.1) is 11.3 Å². The number of ether oxygens (including phenoxy) is 1. The van der Waals surface area contributed by atoms with Crippen LogP contribution in [0.2, 0.25) is 4.34 Å². The third kappa shape index (κ3) is 6.80.